The molecule has 0 aromatic carbocycles. The highest BCUT2D eigenvalue weighted by atomic mass is 31.2. The first-order valence-electron chi connectivity index (χ1n) is 22.6. The second-order valence-electron chi connectivity index (χ2n) is 15.4. The minimum Gasteiger partial charge on any atom is -0.382 e. The first kappa shape index (κ1) is 66.7. The Bertz CT molecular complexity index is 2230. The molecule has 0 heterocycles. The minimum atomic E-state index is -6.34. The van der Waals surface area contributed by atoms with E-state index < -0.39 is 201 Å². The molecular formula is C28H62O41P8. The van der Waals surface area contributed by atoms with Crippen molar-refractivity contribution in [2.24, 2.45) is 0 Å². The molecule has 0 saturated heterocycles. The van der Waals surface area contributed by atoms with Gasteiger partial charge in [0.25, 0.3) is 0 Å². The van der Waals surface area contributed by atoms with Gasteiger partial charge < -0.3 is 121 Å². The molecule has 2 aliphatic carbocycles. The Morgan fingerprint density at radius 2 is 0.519 bits per heavy atom. The molecule has 0 spiro atoms. The number of phosphoric acid groups is 8. The van der Waals surface area contributed by atoms with Gasteiger partial charge in [0.15, 0.2) is 0 Å². The van der Waals surface area contributed by atoms with Crippen LogP contribution in [0.4, 0.5) is 0 Å². The molecule has 0 aromatic heterocycles. The highest BCUT2D eigenvalue weighted by Gasteiger charge is 2.62. The predicted octanol–water partition coefficient (Wildman–Crippen LogP) is -3.50. The Labute approximate surface area is 440 Å². The van der Waals surface area contributed by atoms with Gasteiger partial charge in [0, 0.05) is 14.2 Å². The van der Waals surface area contributed by atoms with Crippen molar-refractivity contribution in [2.45, 2.75) is 99.3 Å². The van der Waals surface area contributed by atoms with E-state index in [0.717, 1.165) is 0 Å². The number of rotatable bonds is 38. The number of hydrogen-bond donors (Lipinski definition) is 16. The highest BCUT2D eigenvalue weighted by molar-refractivity contribution is 7.48. The summed E-state index contributed by atoms with van der Waals surface area (Å²) >= 11 is 0. The monoisotopic (exact) mass is 1310 g/mol. The van der Waals surface area contributed by atoms with E-state index in [4.69, 9.17) is 61.7 Å². The molecule has 0 radical (unpaired) electrons. The summed E-state index contributed by atoms with van der Waals surface area (Å²) in [5.41, 5.74) is 0. The van der Waals surface area contributed by atoms with Gasteiger partial charge in [-0.1, -0.05) is 0 Å². The maximum Gasteiger partial charge on any atom is 0.470 e. The smallest absolute Gasteiger partial charge is 0.382 e. The molecule has 2 aliphatic rings. The van der Waals surface area contributed by atoms with Crippen LogP contribution in [0, 0.1) is 0 Å². The van der Waals surface area contributed by atoms with Crippen molar-refractivity contribution >= 4 is 62.6 Å². The largest absolute Gasteiger partial charge is 0.470 e. The lowest BCUT2D eigenvalue weighted by Crippen LogP contribution is -2.67. The summed E-state index contributed by atoms with van der Waals surface area (Å²) < 4.78 is 217. The van der Waals surface area contributed by atoms with E-state index in [0.29, 0.717) is 0 Å². The van der Waals surface area contributed by atoms with Crippen molar-refractivity contribution in [3.8, 4) is 0 Å². The van der Waals surface area contributed by atoms with Gasteiger partial charge in [-0.25, -0.2) is 36.5 Å². The van der Waals surface area contributed by atoms with E-state index in [2.05, 4.69) is 22.6 Å². The number of ether oxygens (including phenoxy) is 9. The third-order valence-electron chi connectivity index (χ3n) is 9.11. The van der Waals surface area contributed by atoms with E-state index >= 15 is 0 Å². The van der Waals surface area contributed by atoms with Crippen LogP contribution < -0.4 is 0 Å². The Hall–Kier alpha value is 0.520. The molecule has 0 aromatic rings. The van der Waals surface area contributed by atoms with Crippen molar-refractivity contribution in [1.29, 1.82) is 0 Å². The van der Waals surface area contributed by atoms with E-state index in [-0.39, 0.29) is 13.2 Å². The molecule has 14 atom stereocenters. The number of methoxy groups -OCH3 is 2. The Balaban J connectivity index is 2.85. The van der Waals surface area contributed by atoms with E-state index in [1.165, 1.54) is 28.1 Å². The first-order chi connectivity index (χ1) is 36.3. The number of hydrogen-bond acceptors (Lipinski definition) is 25. The van der Waals surface area contributed by atoms with Gasteiger partial charge in [-0.05, 0) is 13.8 Å². The van der Waals surface area contributed by atoms with Crippen molar-refractivity contribution in [1.82, 2.24) is 0 Å². The summed E-state index contributed by atoms with van der Waals surface area (Å²) in [4.78, 5) is 158. The van der Waals surface area contributed by atoms with Crippen LogP contribution in [0.2, 0.25) is 0 Å². The van der Waals surface area contributed by atoms with Crippen molar-refractivity contribution in [3.63, 3.8) is 0 Å². The molecule has 6 unspecified atom stereocenters. The van der Waals surface area contributed by atoms with Gasteiger partial charge in [-0.2, -0.15) is 0 Å². The zero-order valence-corrected chi connectivity index (χ0v) is 46.8. The van der Waals surface area contributed by atoms with Crippen LogP contribution in [-0.2, 0) is 115 Å². The standard InChI is InChI=1S/C28H62O41P8/c1-15(13-53-3)56-9-11-60-18-21(62-70(29,30)31)17(22(63-71(32,33)34)19(23(18)64-72(35,36)37)61-12-10-57-16(2)14-54-4)58-7-5-55-6-8-59-20-24(65-73(38,39)40)26(67-75(44,45)46)28(69-77(50,51)52)27(68-76(47,48)49)25(20)66-74(41,42)43/h15-28H,5-14H2,1-4H3,(H2,29,30,31)(H2,32,33,34)(H2,35,36,37)(H2,38,39,40)(H2,41,42,43)(H2,44,45,46)(H2,47,48,49)(H2,50,51,52)/t15?,16?,17?,18-,19+,20?,21+,22-,23?,24-,25+,26+,27-,28?/i7D2,8D2. The second kappa shape index (κ2) is 31.6. The summed E-state index contributed by atoms with van der Waals surface area (Å²) in [6.07, 6.45) is -37.3. The molecule has 16 N–H and O–H groups in total. The molecule has 2 saturated carbocycles. The molecule has 460 valence electrons. The third-order valence-corrected chi connectivity index (χ3v) is 13.3. The fraction of sp³-hybridized carbons (Fsp3) is 1.00. The Morgan fingerprint density at radius 1 is 0.325 bits per heavy atom. The normalized spacial score (nSPS) is 29.6. The summed E-state index contributed by atoms with van der Waals surface area (Å²) in [6, 6.07) is 0. The van der Waals surface area contributed by atoms with Crippen LogP contribution in [0.1, 0.15) is 19.3 Å². The minimum absolute atomic E-state index is 0.0284. The van der Waals surface area contributed by atoms with Crippen LogP contribution in [0.3, 0.4) is 0 Å². The molecule has 41 nitrogen and oxygen atoms in total. The fourth-order valence-corrected chi connectivity index (χ4v) is 11.4. The lowest BCUT2D eigenvalue weighted by molar-refractivity contribution is -0.250. The van der Waals surface area contributed by atoms with Crippen LogP contribution >= 0.6 is 62.6 Å². The van der Waals surface area contributed by atoms with Gasteiger partial charge in [0.2, 0.25) is 0 Å². The summed E-state index contributed by atoms with van der Waals surface area (Å²) in [5, 5.41) is 0. The zero-order valence-electron chi connectivity index (χ0n) is 43.7. The Kier molecular flexibility index (Phi) is 27.4. The molecule has 0 aliphatic heterocycles. The molecule has 0 bridgehead atoms. The predicted molar refractivity (Wildman–Crippen MR) is 240 cm³/mol. The van der Waals surface area contributed by atoms with Crippen molar-refractivity contribution in [2.75, 3.05) is 80.2 Å². The lowest BCUT2D eigenvalue weighted by Gasteiger charge is -2.49. The highest BCUT2D eigenvalue weighted by Crippen LogP contribution is 2.56. The molecule has 77 heavy (non-hydrogen) atoms. The number of phosphoric ester groups is 8. The van der Waals surface area contributed by atoms with Crippen LogP contribution in [0.25, 0.3) is 0 Å². The summed E-state index contributed by atoms with van der Waals surface area (Å²) in [6.45, 7) is -11.0. The van der Waals surface area contributed by atoms with E-state index in [9.17, 15) is 115 Å². The maximum absolute atomic E-state index is 12.6. The van der Waals surface area contributed by atoms with Crippen LogP contribution in [0.15, 0.2) is 0 Å². The zero-order chi connectivity index (χ0) is 62.8. The van der Waals surface area contributed by atoms with Crippen LogP contribution in [-0.4, -0.2) is 244 Å². The quantitative estimate of drug-likeness (QED) is 0.0211. The lowest BCUT2D eigenvalue weighted by atomic mass is 9.84. The third kappa shape index (κ3) is 30.3. The van der Waals surface area contributed by atoms with Crippen molar-refractivity contribution < 1.29 is 199 Å². The van der Waals surface area contributed by atoms with E-state index in [1.807, 2.05) is 0 Å². The van der Waals surface area contributed by atoms with Crippen molar-refractivity contribution in [3.05, 3.63) is 0 Å². The second-order valence-corrected chi connectivity index (χ2v) is 24.9. The maximum atomic E-state index is 12.6. The summed E-state index contributed by atoms with van der Waals surface area (Å²) in [7, 11) is -47.0. The Morgan fingerprint density at radius 3 is 0.727 bits per heavy atom. The average Bonchev–Trinajstić information content (AvgIpc) is 3.21. The van der Waals surface area contributed by atoms with Gasteiger partial charge >= 0.3 is 62.6 Å². The van der Waals surface area contributed by atoms with Gasteiger partial charge in [0.1, 0.15) is 73.2 Å². The molecular weight excluding hydrogens is 1240 g/mol. The fourth-order valence-electron chi connectivity index (χ4n) is 6.95. The van der Waals surface area contributed by atoms with Gasteiger partial charge in [0.05, 0.1) is 83.7 Å². The topological polar surface area (TPSA) is 617 Å². The SMILES string of the molecule is [2H]C([2H])(COCC([2H])([2H])OC1[C@@H](OP(=O)(O)O)[C@H](OP(=O)(O)O)C(OP(=O)(O)O)[C@H](OP(=O)(O)O)[C@H]1OP(=O)(O)O)OC1[C@@H](OP(=O)(O)O)[C@H](OCCOC(C)COC)C(OP(=O)(O)O)[C@H](OCCOC(C)COC)[C@H]1OP(=O)(O)O. The summed E-state index contributed by atoms with van der Waals surface area (Å²) in [5.74, 6) is 0. The molecule has 49 heteroatoms. The van der Waals surface area contributed by atoms with Gasteiger partial charge in [-0.15, -0.1) is 0 Å². The molecule has 2 fully saturated rings. The molecule has 0 amide bonds. The van der Waals surface area contributed by atoms with Gasteiger partial charge in [-0.3, -0.25) is 36.2 Å². The average molecular weight is 1310 g/mol. The molecule has 2 rings (SSSR count). The van der Waals surface area contributed by atoms with E-state index in [1.54, 1.807) is 0 Å². The first-order valence-corrected chi connectivity index (χ1v) is 32.9. The van der Waals surface area contributed by atoms with Crippen LogP contribution in [0.5, 0.6) is 0 Å².